The molecule has 1 aliphatic carbocycles. The molecule has 3 rings (SSSR count). The average molecular weight is 336 g/mol. The number of nitrogens with zero attached hydrogens (tertiary/aromatic N) is 1. The van der Waals surface area contributed by atoms with Crippen LogP contribution in [-0.2, 0) is 14.3 Å². The number of rotatable bonds is 5. The first kappa shape index (κ1) is 17.4. The molecule has 0 saturated carbocycles. The van der Waals surface area contributed by atoms with Gasteiger partial charge in [-0.1, -0.05) is 12.2 Å². The highest BCUT2D eigenvalue weighted by Crippen LogP contribution is 2.36. The topological polar surface area (TPSA) is 78.9 Å². The Hall–Kier alpha value is -1.40. The lowest BCUT2D eigenvalue weighted by atomic mass is 9.75. The lowest BCUT2D eigenvalue weighted by Crippen LogP contribution is -2.51. The van der Waals surface area contributed by atoms with Gasteiger partial charge in [0.2, 0.25) is 5.91 Å². The summed E-state index contributed by atoms with van der Waals surface area (Å²) in [6.07, 6.45) is 8.41. The maximum Gasteiger partial charge on any atom is 0.319 e. The van der Waals surface area contributed by atoms with Crippen LogP contribution >= 0.6 is 0 Å². The van der Waals surface area contributed by atoms with Gasteiger partial charge >= 0.3 is 5.97 Å². The second-order valence-electron chi connectivity index (χ2n) is 7.29. The monoisotopic (exact) mass is 336 g/mol. The summed E-state index contributed by atoms with van der Waals surface area (Å²) in [5.74, 6) is -0.698. The Morgan fingerprint density at radius 3 is 2.62 bits per heavy atom. The number of aliphatic carboxylic acids is 1. The Balaban J connectivity index is 1.50. The van der Waals surface area contributed by atoms with Gasteiger partial charge in [-0.15, -0.1) is 0 Å². The molecule has 2 heterocycles. The Kier molecular flexibility index (Phi) is 5.56. The quantitative estimate of drug-likeness (QED) is 0.586. The zero-order valence-corrected chi connectivity index (χ0v) is 14.2. The van der Waals surface area contributed by atoms with Crippen LogP contribution in [0.2, 0.25) is 0 Å². The number of piperidine rings is 1. The summed E-state index contributed by atoms with van der Waals surface area (Å²) in [5.41, 5.74) is -1.24. The lowest BCUT2D eigenvalue weighted by Gasteiger charge is -2.38. The van der Waals surface area contributed by atoms with Crippen LogP contribution in [0.4, 0.5) is 0 Å². The number of hydrogen-bond donors (Lipinski definition) is 2. The highest BCUT2D eigenvalue weighted by atomic mass is 16.5. The zero-order chi connectivity index (χ0) is 17.0. The molecule has 2 unspecified atom stereocenters. The number of nitrogens with one attached hydrogen (secondary N) is 1. The molecule has 0 aromatic rings. The highest BCUT2D eigenvalue weighted by molar-refractivity contribution is 6.02. The van der Waals surface area contributed by atoms with Gasteiger partial charge in [0, 0.05) is 26.2 Å². The van der Waals surface area contributed by atoms with Gasteiger partial charge in [-0.2, -0.15) is 0 Å². The van der Waals surface area contributed by atoms with E-state index < -0.39 is 11.4 Å². The van der Waals surface area contributed by atoms with Crippen molar-refractivity contribution in [2.75, 3.05) is 32.8 Å². The van der Waals surface area contributed by atoms with Crippen LogP contribution in [0, 0.1) is 11.3 Å². The molecule has 2 atom stereocenters. The first-order valence-corrected chi connectivity index (χ1v) is 9.12. The molecule has 0 bridgehead atoms. The minimum absolute atomic E-state index is 0.196. The summed E-state index contributed by atoms with van der Waals surface area (Å²) in [7, 11) is 0. The van der Waals surface area contributed by atoms with Gasteiger partial charge in [0.1, 0.15) is 5.41 Å². The Labute approximate surface area is 143 Å². The van der Waals surface area contributed by atoms with E-state index in [2.05, 4.69) is 5.32 Å². The largest absolute Gasteiger partial charge is 0.480 e. The van der Waals surface area contributed by atoms with Crippen molar-refractivity contribution in [2.24, 2.45) is 11.3 Å². The Morgan fingerprint density at radius 1 is 1.25 bits per heavy atom. The van der Waals surface area contributed by atoms with Gasteiger partial charge in [0.15, 0.2) is 0 Å². The third-order valence-corrected chi connectivity index (χ3v) is 5.67. The van der Waals surface area contributed by atoms with Gasteiger partial charge in [-0.3, -0.25) is 9.59 Å². The average Bonchev–Trinajstić information content (AvgIpc) is 3.14. The first-order valence-electron chi connectivity index (χ1n) is 9.12. The van der Waals surface area contributed by atoms with Crippen molar-refractivity contribution in [2.45, 2.75) is 44.6 Å². The molecule has 2 saturated heterocycles. The van der Waals surface area contributed by atoms with Gasteiger partial charge in [-0.05, 0) is 51.0 Å². The van der Waals surface area contributed by atoms with Crippen molar-refractivity contribution in [3.63, 3.8) is 0 Å². The van der Waals surface area contributed by atoms with E-state index in [4.69, 9.17) is 4.74 Å². The number of ether oxygens (including phenoxy) is 1. The standard InChI is InChI=1S/C18H28N2O4/c21-16(18(17(22)23)7-2-1-3-8-18)20-10-5-14(6-11-20)13-24-15-4-9-19-12-15/h1-2,14-15,19H,3-13H2,(H,22,23). The molecule has 2 aliphatic heterocycles. The highest BCUT2D eigenvalue weighted by Gasteiger charge is 2.48. The van der Waals surface area contributed by atoms with Crippen molar-refractivity contribution in [3.05, 3.63) is 12.2 Å². The second-order valence-corrected chi connectivity index (χ2v) is 7.29. The van der Waals surface area contributed by atoms with Crippen molar-refractivity contribution < 1.29 is 19.4 Å². The van der Waals surface area contributed by atoms with E-state index in [0.717, 1.165) is 39.0 Å². The maximum absolute atomic E-state index is 12.9. The first-order chi connectivity index (χ1) is 11.6. The molecule has 6 heteroatoms. The minimum atomic E-state index is -1.24. The molecule has 2 fully saturated rings. The number of amides is 1. The smallest absolute Gasteiger partial charge is 0.319 e. The van der Waals surface area contributed by atoms with E-state index >= 15 is 0 Å². The molecule has 0 spiro atoms. The van der Waals surface area contributed by atoms with Crippen LogP contribution < -0.4 is 5.32 Å². The number of likely N-dealkylation sites (tertiary alicyclic amines) is 1. The molecule has 6 nitrogen and oxygen atoms in total. The Morgan fingerprint density at radius 2 is 2.04 bits per heavy atom. The van der Waals surface area contributed by atoms with E-state index in [0.29, 0.717) is 44.4 Å². The van der Waals surface area contributed by atoms with Gasteiger partial charge in [0.25, 0.3) is 0 Å². The number of carbonyl (C=O) groups excluding carboxylic acids is 1. The summed E-state index contributed by atoms with van der Waals surface area (Å²) < 4.78 is 5.94. The van der Waals surface area contributed by atoms with Crippen LogP contribution in [0.1, 0.15) is 38.5 Å². The summed E-state index contributed by atoms with van der Waals surface area (Å²) in [4.78, 5) is 26.4. The molecular formula is C18H28N2O4. The summed E-state index contributed by atoms with van der Waals surface area (Å²) in [6, 6.07) is 0. The molecule has 0 aromatic heterocycles. The van der Waals surface area contributed by atoms with E-state index in [1.54, 1.807) is 4.90 Å². The number of carboxylic acids is 1. The molecule has 134 valence electrons. The van der Waals surface area contributed by atoms with Gasteiger partial charge in [-0.25, -0.2) is 0 Å². The Bertz CT molecular complexity index is 493. The lowest BCUT2D eigenvalue weighted by molar-refractivity contribution is -0.162. The number of hydrogen-bond acceptors (Lipinski definition) is 4. The molecule has 0 aromatic carbocycles. The molecule has 3 aliphatic rings. The van der Waals surface area contributed by atoms with Crippen LogP contribution in [0.25, 0.3) is 0 Å². The van der Waals surface area contributed by atoms with E-state index in [1.165, 1.54) is 0 Å². The van der Waals surface area contributed by atoms with Crippen molar-refractivity contribution in [1.29, 1.82) is 0 Å². The molecular weight excluding hydrogens is 308 g/mol. The van der Waals surface area contributed by atoms with E-state index in [-0.39, 0.29) is 5.91 Å². The SMILES string of the molecule is O=C(O)C1(C(=O)N2CCC(COC3CCNC3)CC2)CC=CCC1. The van der Waals surface area contributed by atoms with Crippen LogP contribution in [0.15, 0.2) is 12.2 Å². The predicted octanol–water partition coefficient (Wildman–Crippen LogP) is 1.41. The summed E-state index contributed by atoms with van der Waals surface area (Å²) >= 11 is 0. The van der Waals surface area contributed by atoms with Gasteiger partial charge in [0.05, 0.1) is 6.10 Å². The third kappa shape index (κ3) is 3.64. The molecule has 1 amide bonds. The van der Waals surface area contributed by atoms with Crippen LogP contribution in [0.5, 0.6) is 0 Å². The van der Waals surface area contributed by atoms with Crippen molar-refractivity contribution in [3.8, 4) is 0 Å². The fraction of sp³-hybridized carbons (Fsp3) is 0.778. The van der Waals surface area contributed by atoms with Crippen LogP contribution in [-0.4, -0.2) is 60.8 Å². The fourth-order valence-electron chi connectivity index (χ4n) is 3.96. The van der Waals surface area contributed by atoms with Crippen LogP contribution in [0.3, 0.4) is 0 Å². The van der Waals surface area contributed by atoms with Gasteiger partial charge < -0.3 is 20.1 Å². The van der Waals surface area contributed by atoms with Crippen molar-refractivity contribution in [1.82, 2.24) is 10.2 Å². The summed E-state index contributed by atoms with van der Waals surface area (Å²) in [5, 5.41) is 12.9. The summed E-state index contributed by atoms with van der Waals surface area (Å²) in [6.45, 7) is 4.01. The fourth-order valence-corrected chi connectivity index (χ4v) is 3.96. The van der Waals surface area contributed by atoms with E-state index in [9.17, 15) is 14.7 Å². The number of carboxylic acid groups (broad SMARTS) is 1. The predicted molar refractivity (Wildman–Crippen MR) is 89.6 cm³/mol. The van der Waals surface area contributed by atoms with Crippen molar-refractivity contribution >= 4 is 11.9 Å². The van der Waals surface area contributed by atoms with E-state index in [1.807, 2.05) is 12.2 Å². The normalized spacial score (nSPS) is 31.3. The third-order valence-electron chi connectivity index (χ3n) is 5.67. The number of carbonyl (C=O) groups is 2. The maximum atomic E-state index is 12.9. The minimum Gasteiger partial charge on any atom is -0.480 e. The molecule has 2 N–H and O–H groups in total. The second kappa shape index (κ2) is 7.66. The number of allylic oxidation sites excluding steroid dienone is 2. The molecule has 0 radical (unpaired) electrons. The zero-order valence-electron chi connectivity index (χ0n) is 14.2. The molecule has 24 heavy (non-hydrogen) atoms.